The van der Waals surface area contributed by atoms with Crippen molar-refractivity contribution < 1.29 is 13.2 Å². The van der Waals surface area contributed by atoms with Crippen LogP contribution in [0.5, 0.6) is 0 Å². The summed E-state index contributed by atoms with van der Waals surface area (Å²) in [5.41, 5.74) is 1.48. The third kappa shape index (κ3) is 4.48. The van der Waals surface area contributed by atoms with Crippen LogP contribution < -0.4 is 5.32 Å². The lowest BCUT2D eigenvalue weighted by Gasteiger charge is -2.34. The van der Waals surface area contributed by atoms with E-state index in [2.05, 4.69) is 24.1 Å². The monoisotopic (exact) mass is 420 g/mol. The molecule has 1 amide bonds. The van der Waals surface area contributed by atoms with E-state index in [1.807, 2.05) is 11.6 Å². The van der Waals surface area contributed by atoms with Crippen LogP contribution in [0.3, 0.4) is 0 Å². The average Bonchev–Trinajstić information content (AvgIpc) is 2.99. The van der Waals surface area contributed by atoms with Crippen molar-refractivity contribution in [1.29, 1.82) is 0 Å². The molecule has 1 fully saturated rings. The molecular weight excluding hydrogens is 388 g/mol. The normalized spacial score (nSPS) is 22.9. The zero-order chi connectivity index (χ0) is 21.3. The second-order valence-corrected chi connectivity index (χ2v) is 10.6. The minimum Gasteiger partial charge on any atom is -0.353 e. The molecule has 3 atom stereocenters. The van der Waals surface area contributed by atoms with E-state index in [4.69, 9.17) is 0 Å². The van der Waals surface area contributed by atoms with Gasteiger partial charge >= 0.3 is 0 Å². The number of amides is 1. The number of hydrogen-bond donors (Lipinski definition) is 1. The van der Waals surface area contributed by atoms with Gasteiger partial charge in [0.2, 0.25) is 15.9 Å². The summed E-state index contributed by atoms with van der Waals surface area (Å²) in [6.07, 6.45) is 4.34. The molecule has 1 aliphatic carbocycles. The summed E-state index contributed by atoms with van der Waals surface area (Å²) < 4.78 is 27.8. The van der Waals surface area contributed by atoms with E-state index in [-0.39, 0.29) is 16.8 Å². The SMILES string of the molecule is C[C@@H]1[C@H](C)CCC[C@@H]1NC(=O)CCc1nc2cc(S(=O)(=O)N(C)C)ccc2n1C. The number of carbonyl (C=O) groups is 1. The Morgan fingerprint density at radius 2 is 2.00 bits per heavy atom. The molecular formula is C21H32N4O3S. The summed E-state index contributed by atoms with van der Waals surface area (Å²) in [5.74, 6) is 1.97. The quantitative estimate of drug-likeness (QED) is 0.779. The summed E-state index contributed by atoms with van der Waals surface area (Å²) in [4.78, 5) is 17.3. The van der Waals surface area contributed by atoms with Gasteiger partial charge in [-0.2, -0.15) is 0 Å². The van der Waals surface area contributed by atoms with Gasteiger partial charge in [0.25, 0.3) is 0 Å². The molecule has 1 aromatic carbocycles. The first-order chi connectivity index (χ1) is 13.6. The van der Waals surface area contributed by atoms with Crippen LogP contribution >= 0.6 is 0 Å². The fourth-order valence-corrected chi connectivity index (χ4v) is 5.04. The fourth-order valence-electron chi connectivity index (χ4n) is 4.11. The predicted octanol–water partition coefficient (Wildman–Crippen LogP) is 2.70. The third-order valence-electron chi connectivity index (χ3n) is 6.35. The van der Waals surface area contributed by atoms with Gasteiger partial charge in [0, 0.05) is 40.0 Å². The summed E-state index contributed by atoms with van der Waals surface area (Å²) >= 11 is 0. The summed E-state index contributed by atoms with van der Waals surface area (Å²) in [6, 6.07) is 5.22. The van der Waals surface area contributed by atoms with Gasteiger partial charge < -0.3 is 9.88 Å². The van der Waals surface area contributed by atoms with Gasteiger partial charge in [0.15, 0.2) is 0 Å². The molecule has 29 heavy (non-hydrogen) atoms. The molecule has 2 aromatic rings. The first-order valence-electron chi connectivity index (χ1n) is 10.3. The largest absolute Gasteiger partial charge is 0.353 e. The van der Waals surface area contributed by atoms with Crippen molar-refractivity contribution in [3.8, 4) is 0 Å². The van der Waals surface area contributed by atoms with E-state index in [1.54, 1.807) is 18.2 Å². The summed E-state index contributed by atoms with van der Waals surface area (Å²) in [5, 5.41) is 3.20. The van der Waals surface area contributed by atoms with Crippen molar-refractivity contribution in [2.45, 2.75) is 56.9 Å². The van der Waals surface area contributed by atoms with E-state index < -0.39 is 10.0 Å². The van der Waals surface area contributed by atoms with E-state index in [9.17, 15) is 13.2 Å². The molecule has 1 saturated carbocycles. The van der Waals surface area contributed by atoms with Crippen LogP contribution in [0, 0.1) is 11.8 Å². The highest BCUT2D eigenvalue weighted by Crippen LogP contribution is 2.29. The van der Waals surface area contributed by atoms with E-state index in [0.717, 1.165) is 17.8 Å². The average molecular weight is 421 g/mol. The van der Waals surface area contributed by atoms with Gasteiger partial charge in [-0.15, -0.1) is 0 Å². The maximum Gasteiger partial charge on any atom is 0.242 e. The van der Waals surface area contributed by atoms with Crippen molar-refractivity contribution >= 4 is 27.0 Å². The van der Waals surface area contributed by atoms with E-state index >= 15 is 0 Å². The minimum atomic E-state index is -3.50. The van der Waals surface area contributed by atoms with Gasteiger partial charge in [0.05, 0.1) is 15.9 Å². The van der Waals surface area contributed by atoms with Gasteiger partial charge in [-0.1, -0.05) is 26.7 Å². The Morgan fingerprint density at radius 3 is 2.69 bits per heavy atom. The second kappa shape index (κ2) is 8.44. The maximum absolute atomic E-state index is 12.5. The Balaban J connectivity index is 1.70. The molecule has 0 saturated heterocycles. The highest BCUT2D eigenvalue weighted by molar-refractivity contribution is 7.89. The topological polar surface area (TPSA) is 84.3 Å². The van der Waals surface area contributed by atoms with Gasteiger partial charge in [-0.3, -0.25) is 4.79 Å². The second-order valence-electron chi connectivity index (χ2n) is 8.47. The van der Waals surface area contributed by atoms with Gasteiger partial charge in [-0.05, 0) is 36.5 Å². The Bertz CT molecular complexity index is 997. The number of fused-ring (bicyclic) bond motifs is 1. The van der Waals surface area contributed by atoms with Crippen LogP contribution in [0.2, 0.25) is 0 Å². The van der Waals surface area contributed by atoms with Crippen LogP contribution in [0.4, 0.5) is 0 Å². The molecule has 160 valence electrons. The number of aromatic nitrogens is 2. The van der Waals surface area contributed by atoms with Crippen LogP contribution in [-0.2, 0) is 28.3 Å². The van der Waals surface area contributed by atoms with Crippen molar-refractivity contribution in [3.63, 3.8) is 0 Å². The number of rotatable bonds is 6. The van der Waals surface area contributed by atoms with Crippen LogP contribution in [0.1, 0.15) is 45.4 Å². The lowest BCUT2D eigenvalue weighted by molar-refractivity contribution is -0.122. The molecule has 8 heteroatoms. The van der Waals surface area contributed by atoms with Crippen LogP contribution in [0.25, 0.3) is 11.0 Å². The zero-order valence-electron chi connectivity index (χ0n) is 18.0. The lowest BCUT2D eigenvalue weighted by atomic mass is 9.78. The van der Waals surface area contributed by atoms with Crippen molar-refractivity contribution in [3.05, 3.63) is 24.0 Å². The number of benzene rings is 1. The predicted molar refractivity (Wildman–Crippen MR) is 114 cm³/mol. The van der Waals surface area contributed by atoms with E-state index in [1.165, 1.54) is 31.2 Å². The molecule has 1 N–H and O–H groups in total. The molecule has 1 aromatic heterocycles. The first kappa shape index (κ1) is 21.8. The third-order valence-corrected chi connectivity index (χ3v) is 8.16. The number of sulfonamides is 1. The molecule has 0 bridgehead atoms. The van der Waals surface area contributed by atoms with Gasteiger partial charge in [0.1, 0.15) is 5.82 Å². The Kier molecular flexibility index (Phi) is 6.33. The first-order valence-corrected chi connectivity index (χ1v) is 11.7. The van der Waals surface area contributed by atoms with Gasteiger partial charge in [-0.25, -0.2) is 17.7 Å². The van der Waals surface area contributed by atoms with Crippen LogP contribution in [0.15, 0.2) is 23.1 Å². The van der Waals surface area contributed by atoms with Crippen molar-refractivity contribution in [2.75, 3.05) is 14.1 Å². The number of nitrogens with zero attached hydrogens (tertiary/aromatic N) is 3. The molecule has 0 spiro atoms. The minimum absolute atomic E-state index is 0.0545. The molecule has 0 aliphatic heterocycles. The molecule has 0 radical (unpaired) electrons. The summed E-state index contributed by atoms with van der Waals surface area (Å²) in [6.45, 7) is 4.48. The Labute approximate surface area is 173 Å². The van der Waals surface area contributed by atoms with Crippen molar-refractivity contribution in [2.24, 2.45) is 18.9 Å². The van der Waals surface area contributed by atoms with Crippen molar-refractivity contribution in [1.82, 2.24) is 19.2 Å². The lowest BCUT2D eigenvalue weighted by Crippen LogP contribution is -2.43. The smallest absolute Gasteiger partial charge is 0.242 e. The summed E-state index contributed by atoms with van der Waals surface area (Å²) in [7, 11) is 1.41. The molecule has 7 nitrogen and oxygen atoms in total. The molecule has 0 unspecified atom stereocenters. The molecule has 1 heterocycles. The highest BCUT2D eigenvalue weighted by atomic mass is 32.2. The van der Waals surface area contributed by atoms with E-state index in [0.29, 0.717) is 30.2 Å². The van der Waals surface area contributed by atoms with Crippen LogP contribution in [-0.4, -0.2) is 48.3 Å². The number of imidazole rings is 1. The Morgan fingerprint density at radius 1 is 1.28 bits per heavy atom. The molecule has 3 rings (SSSR count). The zero-order valence-corrected chi connectivity index (χ0v) is 18.8. The number of carbonyl (C=O) groups excluding carboxylic acids is 1. The molecule has 1 aliphatic rings. The number of nitrogens with one attached hydrogen (secondary N) is 1. The number of hydrogen-bond acceptors (Lipinski definition) is 4. The fraction of sp³-hybridized carbons (Fsp3) is 0.619. The number of aryl methyl sites for hydroxylation is 2. The maximum atomic E-state index is 12.5. The highest BCUT2D eigenvalue weighted by Gasteiger charge is 2.28. The Hall–Kier alpha value is -1.93. The standard InChI is InChI=1S/C21H32N4O3S/c1-14-7-6-8-17(15(14)2)23-21(26)12-11-20-22-18-13-16(29(27,28)24(3)4)9-10-19(18)25(20)5/h9-10,13-15,17H,6-8,11-12H2,1-5H3,(H,23,26)/t14-,15-,17+/m1/s1.